The SMILES string of the molecule is COc1cc(N2CCCCC2CC(=O)O)ncn1. The van der Waals surface area contributed by atoms with Crippen LogP contribution in [0.25, 0.3) is 0 Å². The van der Waals surface area contributed by atoms with E-state index in [1.165, 1.54) is 6.33 Å². The van der Waals surface area contributed by atoms with Crippen LogP contribution in [0.3, 0.4) is 0 Å². The van der Waals surface area contributed by atoms with Gasteiger partial charge in [-0.3, -0.25) is 4.79 Å². The highest BCUT2D eigenvalue weighted by atomic mass is 16.5. The number of hydrogen-bond donors (Lipinski definition) is 1. The maximum atomic E-state index is 10.9. The summed E-state index contributed by atoms with van der Waals surface area (Å²) >= 11 is 0. The topological polar surface area (TPSA) is 75.5 Å². The highest BCUT2D eigenvalue weighted by Crippen LogP contribution is 2.26. The van der Waals surface area contributed by atoms with Crippen molar-refractivity contribution in [3.05, 3.63) is 12.4 Å². The number of anilines is 1. The number of ether oxygens (including phenoxy) is 1. The lowest BCUT2D eigenvalue weighted by Gasteiger charge is -2.35. The Kier molecular flexibility index (Phi) is 3.96. The summed E-state index contributed by atoms with van der Waals surface area (Å²) in [7, 11) is 1.55. The van der Waals surface area contributed by atoms with Gasteiger partial charge in [0.15, 0.2) is 0 Å². The third kappa shape index (κ3) is 2.88. The van der Waals surface area contributed by atoms with Crippen LogP contribution in [-0.4, -0.2) is 40.7 Å². The Morgan fingerprint density at radius 1 is 1.56 bits per heavy atom. The molecule has 1 aliphatic rings. The van der Waals surface area contributed by atoms with Gasteiger partial charge < -0.3 is 14.7 Å². The molecule has 2 heterocycles. The Balaban J connectivity index is 2.19. The molecule has 6 heteroatoms. The van der Waals surface area contributed by atoms with E-state index in [-0.39, 0.29) is 12.5 Å². The number of carbonyl (C=O) groups is 1. The minimum atomic E-state index is -0.770. The molecule has 1 aromatic heterocycles. The zero-order valence-electron chi connectivity index (χ0n) is 10.4. The van der Waals surface area contributed by atoms with Gasteiger partial charge in [-0.1, -0.05) is 0 Å². The number of nitrogens with zero attached hydrogens (tertiary/aromatic N) is 3. The van der Waals surface area contributed by atoms with Gasteiger partial charge in [0.05, 0.1) is 13.5 Å². The summed E-state index contributed by atoms with van der Waals surface area (Å²) in [6, 6.07) is 1.76. The highest BCUT2D eigenvalue weighted by molar-refractivity contribution is 5.68. The van der Waals surface area contributed by atoms with Gasteiger partial charge in [0.25, 0.3) is 0 Å². The predicted octanol–water partition coefficient (Wildman–Crippen LogP) is 1.32. The van der Waals surface area contributed by atoms with Gasteiger partial charge in [-0.05, 0) is 19.3 Å². The Hall–Kier alpha value is -1.85. The van der Waals surface area contributed by atoms with Crippen molar-refractivity contribution in [2.45, 2.75) is 31.7 Å². The first-order valence-electron chi connectivity index (χ1n) is 6.05. The minimum absolute atomic E-state index is 0.0101. The zero-order valence-corrected chi connectivity index (χ0v) is 10.4. The molecule has 0 saturated carbocycles. The van der Waals surface area contributed by atoms with Gasteiger partial charge in [-0.25, -0.2) is 9.97 Å². The van der Waals surface area contributed by atoms with Crippen LogP contribution >= 0.6 is 0 Å². The molecule has 2 rings (SSSR count). The Bertz CT molecular complexity index is 425. The molecule has 1 saturated heterocycles. The smallest absolute Gasteiger partial charge is 0.305 e. The predicted molar refractivity (Wildman–Crippen MR) is 65.8 cm³/mol. The first-order chi connectivity index (χ1) is 8.70. The van der Waals surface area contributed by atoms with Gasteiger partial charge >= 0.3 is 5.97 Å². The molecule has 1 aliphatic heterocycles. The average Bonchev–Trinajstić information content (AvgIpc) is 2.39. The molecule has 0 radical (unpaired) electrons. The van der Waals surface area contributed by atoms with Crippen molar-refractivity contribution >= 4 is 11.8 Å². The van der Waals surface area contributed by atoms with E-state index in [1.807, 2.05) is 4.90 Å². The molecule has 0 spiro atoms. The molecule has 1 N–H and O–H groups in total. The van der Waals surface area contributed by atoms with Crippen molar-refractivity contribution in [2.75, 3.05) is 18.6 Å². The second kappa shape index (κ2) is 5.66. The van der Waals surface area contributed by atoms with Crippen LogP contribution < -0.4 is 9.64 Å². The first-order valence-corrected chi connectivity index (χ1v) is 6.05. The van der Waals surface area contributed by atoms with E-state index >= 15 is 0 Å². The fourth-order valence-electron chi connectivity index (χ4n) is 2.31. The summed E-state index contributed by atoms with van der Waals surface area (Å²) < 4.78 is 5.07. The molecular formula is C12H17N3O3. The number of methoxy groups -OCH3 is 1. The normalized spacial score (nSPS) is 19.6. The summed E-state index contributed by atoms with van der Waals surface area (Å²) in [5, 5.41) is 8.95. The van der Waals surface area contributed by atoms with E-state index in [4.69, 9.17) is 9.84 Å². The van der Waals surface area contributed by atoms with Crippen LogP contribution in [0.2, 0.25) is 0 Å². The summed E-state index contributed by atoms with van der Waals surface area (Å²) in [5.74, 6) is 0.473. The molecule has 0 bridgehead atoms. The Morgan fingerprint density at radius 3 is 3.11 bits per heavy atom. The molecule has 1 aromatic rings. The van der Waals surface area contributed by atoms with Gasteiger partial charge in [0.2, 0.25) is 5.88 Å². The van der Waals surface area contributed by atoms with Crippen LogP contribution in [-0.2, 0) is 4.79 Å². The first kappa shape index (κ1) is 12.6. The number of hydrogen-bond acceptors (Lipinski definition) is 5. The monoisotopic (exact) mass is 251 g/mol. The fraction of sp³-hybridized carbons (Fsp3) is 0.583. The van der Waals surface area contributed by atoms with Gasteiger partial charge in [0.1, 0.15) is 12.1 Å². The van der Waals surface area contributed by atoms with Crippen LogP contribution in [0.15, 0.2) is 12.4 Å². The maximum Gasteiger partial charge on any atom is 0.305 e. The van der Waals surface area contributed by atoms with Crippen molar-refractivity contribution < 1.29 is 14.6 Å². The highest BCUT2D eigenvalue weighted by Gasteiger charge is 2.25. The largest absolute Gasteiger partial charge is 0.481 e. The van der Waals surface area contributed by atoms with Gasteiger partial charge in [-0.15, -0.1) is 0 Å². The van der Waals surface area contributed by atoms with E-state index in [0.29, 0.717) is 5.88 Å². The van der Waals surface area contributed by atoms with E-state index in [0.717, 1.165) is 31.6 Å². The molecule has 1 atom stereocenters. The average molecular weight is 251 g/mol. The lowest BCUT2D eigenvalue weighted by Crippen LogP contribution is -2.41. The molecule has 0 aliphatic carbocycles. The number of carboxylic acid groups (broad SMARTS) is 1. The number of piperidine rings is 1. The second-order valence-corrected chi connectivity index (χ2v) is 4.36. The Morgan fingerprint density at radius 2 is 2.39 bits per heavy atom. The molecule has 6 nitrogen and oxygen atoms in total. The van der Waals surface area contributed by atoms with E-state index in [9.17, 15) is 4.79 Å². The van der Waals surface area contributed by atoms with Gasteiger partial charge in [0, 0.05) is 18.7 Å². The zero-order chi connectivity index (χ0) is 13.0. The molecule has 98 valence electrons. The van der Waals surface area contributed by atoms with E-state index < -0.39 is 5.97 Å². The van der Waals surface area contributed by atoms with Crippen molar-refractivity contribution in [1.82, 2.24) is 9.97 Å². The van der Waals surface area contributed by atoms with Crippen molar-refractivity contribution in [3.63, 3.8) is 0 Å². The lowest BCUT2D eigenvalue weighted by atomic mass is 9.99. The molecule has 0 aromatic carbocycles. The van der Waals surface area contributed by atoms with Crippen LogP contribution in [0, 0.1) is 0 Å². The maximum absolute atomic E-state index is 10.9. The van der Waals surface area contributed by atoms with Gasteiger partial charge in [-0.2, -0.15) is 0 Å². The minimum Gasteiger partial charge on any atom is -0.481 e. The van der Waals surface area contributed by atoms with E-state index in [2.05, 4.69) is 9.97 Å². The third-order valence-corrected chi connectivity index (χ3v) is 3.17. The summed E-state index contributed by atoms with van der Waals surface area (Å²) in [6.07, 6.45) is 4.60. The van der Waals surface area contributed by atoms with Crippen molar-refractivity contribution in [1.29, 1.82) is 0 Å². The Labute approximate surface area is 106 Å². The molecule has 0 amide bonds. The number of aromatic nitrogens is 2. The number of aliphatic carboxylic acids is 1. The standard InChI is InChI=1S/C12H17N3O3/c1-18-11-7-10(13-8-14-11)15-5-3-2-4-9(15)6-12(16)17/h7-9H,2-6H2,1H3,(H,16,17). The quantitative estimate of drug-likeness (QED) is 0.869. The number of carboxylic acids is 1. The number of rotatable bonds is 4. The summed E-state index contributed by atoms with van der Waals surface area (Å²) in [6.45, 7) is 0.831. The van der Waals surface area contributed by atoms with E-state index in [1.54, 1.807) is 13.2 Å². The molecule has 1 unspecified atom stereocenters. The molecule has 18 heavy (non-hydrogen) atoms. The van der Waals surface area contributed by atoms with Crippen molar-refractivity contribution in [2.24, 2.45) is 0 Å². The second-order valence-electron chi connectivity index (χ2n) is 4.36. The van der Waals surface area contributed by atoms with Crippen LogP contribution in [0.1, 0.15) is 25.7 Å². The summed E-state index contributed by atoms with van der Waals surface area (Å²) in [4.78, 5) is 21.1. The lowest BCUT2D eigenvalue weighted by molar-refractivity contribution is -0.137. The summed E-state index contributed by atoms with van der Waals surface area (Å²) in [5.41, 5.74) is 0. The van der Waals surface area contributed by atoms with Crippen molar-refractivity contribution in [3.8, 4) is 5.88 Å². The molecule has 1 fully saturated rings. The third-order valence-electron chi connectivity index (χ3n) is 3.17. The molecular weight excluding hydrogens is 234 g/mol. The van der Waals surface area contributed by atoms with Crippen LogP contribution in [0.4, 0.5) is 5.82 Å². The van der Waals surface area contributed by atoms with Crippen LogP contribution in [0.5, 0.6) is 5.88 Å². The fourth-order valence-corrected chi connectivity index (χ4v) is 2.31.